The zero-order valence-electron chi connectivity index (χ0n) is 22.8. The van der Waals surface area contributed by atoms with Crippen molar-refractivity contribution in [1.82, 2.24) is 0 Å². The number of aldehydes is 1. The monoisotopic (exact) mass is 800 g/mol. The third-order valence-electron chi connectivity index (χ3n) is 4.89. The van der Waals surface area contributed by atoms with E-state index in [0.717, 1.165) is 0 Å². The third kappa shape index (κ3) is 12.8. The first kappa shape index (κ1) is 51.1. The van der Waals surface area contributed by atoms with Crippen molar-refractivity contribution in [1.29, 1.82) is 0 Å². The largest absolute Gasteiger partial charge is 0.303 e. The first-order chi connectivity index (χ1) is 21.8. The fourth-order valence-corrected chi connectivity index (χ4v) is 4.64. The number of carbonyl (C=O) groups is 2. The average Bonchev–Trinajstić information content (AvgIpc) is 3.05. The van der Waals surface area contributed by atoms with Crippen LogP contribution in [0.4, 0.5) is 65.9 Å². The Labute approximate surface area is 290 Å². The minimum Gasteiger partial charge on any atom is -0.303 e. The summed E-state index contributed by atoms with van der Waals surface area (Å²) >= 11 is 4.01. The van der Waals surface area contributed by atoms with Gasteiger partial charge in [-0.2, -0.15) is 0 Å². The third-order valence-corrected chi connectivity index (χ3v) is 7.46. The molecule has 0 heterocycles. The number of thiol groups is 1. The van der Waals surface area contributed by atoms with E-state index in [2.05, 4.69) is 12.6 Å². The van der Waals surface area contributed by atoms with Crippen LogP contribution in [-0.4, -0.2) is 23.6 Å². The molecular formula is C30H27F15O2S3. The minimum absolute atomic E-state index is 0. The van der Waals surface area contributed by atoms with Crippen molar-refractivity contribution in [3.63, 3.8) is 0 Å². The first-order valence-electron chi connectivity index (χ1n) is 11.9. The van der Waals surface area contributed by atoms with E-state index in [1.54, 1.807) is 0 Å². The fourth-order valence-electron chi connectivity index (χ4n) is 2.70. The summed E-state index contributed by atoms with van der Waals surface area (Å²) in [5.74, 6) is -29.8. The molecule has 20 heteroatoms. The Morgan fingerprint density at radius 1 is 0.500 bits per heavy atom. The lowest BCUT2D eigenvalue weighted by atomic mass is 10.3. The van der Waals surface area contributed by atoms with Gasteiger partial charge in [-0.15, -0.1) is 36.2 Å². The molecule has 2 nitrogen and oxygen atoms in total. The van der Waals surface area contributed by atoms with E-state index in [1.807, 2.05) is 0 Å². The van der Waals surface area contributed by atoms with E-state index in [-0.39, 0.29) is 52.4 Å². The predicted molar refractivity (Wildman–Crippen MR) is 163 cm³/mol. The molecular weight excluding hydrogens is 773 g/mol. The molecule has 0 saturated carbocycles. The predicted octanol–water partition coefficient (Wildman–Crippen LogP) is 11.7. The molecule has 3 rings (SSSR count). The van der Waals surface area contributed by atoms with Crippen LogP contribution in [0.3, 0.4) is 0 Å². The highest BCUT2D eigenvalue weighted by molar-refractivity contribution is 7.99. The second-order valence-corrected chi connectivity index (χ2v) is 10.8. The molecule has 0 unspecified atom stereocenters. The van der Waals surface area contributed by atoms with Gasteiger partial charge in [0.2, 0.25) is 17.5 Å². The molecule has 3 aromatic rings. The number of hydrogen-bond acceptors (Lipinski definition) is 5. The van der Waals surface area contributed by atoms with Gasteiger partial charge in [-0.1, -0.05) is 28.4 Å². The van der Waals surface area contributed by atoms with Crippen LogP contribution in [0.15, 0.2) is 26.8 Å². The number of halogens is 15. The zero-order valence-corrected chi connectivity index (χ0v) is 25.3. The maximum atomic E-state index is 13.2. The van der Waals surface area contributed by atoms with Crippen molar-refractivity contribution in [3.8, 4) is 0 Å². The van der Waals surface area contributed by atoms with Crippen molar-refractivity contribution in [2.45, 2.75) is 56.7 Å². The summed E-state index contributed by atoms with van der Waals surface area (Å²) in [5.41, 5.74) is 0. The molecule has 0 spiro atoms. The molecule has 0 fully saturated rings. The van der Waals surface area contributed by atoms with Gasteiger partial charge in [0.25, 0.3) is 0 Å². The van der Waals surface area contributed by atoms with E-state index in [4.69, 9.17) is 0 Å². The Balaban J connectivity index is -0.000000658. The molecule has 0 N–H and O–H groups in total. The van der Waals surface area contributed by atoms with Gasteiger partial charge < -0.3 is 4.79 Å². The summed E-state index contributed by atoms with van der Waals surface area (Å²) in [6.45, 7) is 1.33. The van der Waals surface area contributed by atoms with Gasteiger partial charge in [-0.3, -0.25) is 4.79 Å². The quantitative estimate of drug-likeness (QED) is 0.0342. The molecule has 0 aliphatic rings. The van der Waals surface area contributed by atoms with Crippen molar-refractivity contribution >= 4 is 48.2 Å². The maximum Gasteiger partial charge on any atom is 0.200 e. The molecule has 0 radical (unpaired) electrons. The van der Waals surface area contributed by atoms with Crippen molar-refractivity contribution in [2.24, 2.45) is 0 Å². The van der Waals surface area contributed by atoms with Crippen LogP contribution < -0.4 is 0 Å². The van der Waals surface area contributed by atoms with Gasteiger partial charge in [0, 0.05) is 17.9 Å². The maximum absolute atomic E-state index is 13.2. The van der Waals surface area contributed by atoms with Crippen molar-refractivity contribution in [3.05, 3.63) is 99.4 Å². The molecule has 282 valence electrons. The Morgan fingerprint density at radius 3 is 1.04 bits per heavy atom. The number of ketones is 1. The smallest absolute Gasteiger partial charge is 0.200 e. The van der Waals surface area contributed by atoms with Crippen LogP contribution >= 0.6 is 36.2 Å². The standard InChI is InChI=1S/C12H9F5OS.C9H5F5OS.C6HF5S.3CH4/c1-6(18)4-2-3-5-19-12-10(16)8(14)7(13)9(15)11(12)17;10-4-5(11)7(13)9(8(14)6(4)12)16-3-1-2-15;7-1-2(8)4(10)6(12)5(11)3(1)9;;;/h2,4H,3,5H2,1H3;2H,1,3H2;12H;3*1H4/b4-2+;;;;;. The number of thioether (sulfide) groups is 2. The highest BCUT2D eigenvalue weighted by atomic mass is 32.2. The van der Waals surface area contributed by atoms with Gasteiger partial charge in [-0.25, -0.2) is 65.9 Å². The van der Waals surface area contributed by atoms with Crippen LogP contribution in [0.1, 0.15) is 42.0 Å². The fraction of sp³-hybridized carbons (Fsp3) is 0.267. The van der Waals surface area contributed by atoms with Gasteiger partial charge in [0.1, 0.15) is 6.29 Å². The molecule has 0 bridgehead atoms. The summed E-state index contributed by atoms with van der Waals surface area (Å²) in [7, 11) is 0. The number of carbonyl (C=O) groups excluding carboxylic acids is 2. The van der Waals surface area contributed by atoms with Gasteiger partial charge in [0.15, 0.2) is 75.6 Å². The number of rotatable bonds is 9. The minimum atomic E-state index is -2.19. The lowest BCUT2D eigenvalue weighted by molar-refractivity contribution is -0.112. The number of allylic oxidation sites excluding steroid dienone is 2. The molecule has 50 heavy (non-hydrogen) atoms. The zero-order chi connectivity index (χ0) is 36.3. The normalized spacial score (nSPS) is 10.2. The molecule has 0 amide bonds. The van der Waals surface area contributed by atoms with Crippen molar-refractivity contribution < 1.29 is 75.4 Å². The first-order valence-corrected chi connectivity index (χ1v) is 14.3. The number of benzene rings is 3. The van der Waals surface area contributed by atoms with E-state index < -0.39 is 102 Å². The Kier molecular flexibility index (Phi) is 23.8. The molecule has 0 aliphatic heterocycles. The lowest BCUT2D eigenvalue weighted by Gasteiger charge is -2.06. The van der Waals surface area contributed by atoms with E-state index >= 15 is 0 Å². The molecule has 3 aromatic carbocycles. The van der Waals surface area contributed by atoms with Gasteiger partial charge in [0.05, 0.1) is 14.7 Å². The molecule has 0 atom stereocenters. The lowest BCUT2D eigenvalue weighted by Crippen LogP contribution is -2.03. The van der Waals surface area contributed by atoms with Gasteiger partial charge >= 0.3 is 0 Å². The van der Waals surface area contributed by atoms with E-state index in [0.29, 0.717) is 29.8 Å². The highest BCUT2D eigenvalue weighted by Crippen LogP contribution is 2.32. The summed E-state index contributed by atoms with van der Waals surface area (Å²) in [4.78, 5) is 17.5. The van der Waals surface area contributed by atoms with Crippen LogP contribution in [0, 0.1) is 87.3 Å². The Bertz CT molecular complexity index is 1510. The van der Waals surface area contributed by atoms with E-state index in [9.17, 15) is 75.4 Å². The Morgan fingerprint density at radius 2 is 0.760 bits per heavy atom. The number of hydrogen-bond donors (Lipinski definition) is 1. The van der Waals surface area contributed by atoms with E-state index in [1.165, 1.54) is 19.1 Å². The SMILES string of the molecule is C.C.C.CC(=O)/C=C/CCSc1c(F)c(F)c(F)c(F)c1F.Fc1c(F)c(F)c(S)c(F)c1F.O=CCCSc1c(F)c(F)c(F)c(F)c1F. The topological polar surface area (TPSA) is 34.1 Å². The summed E-state index contributed by atoms with van der Waals surface area (Å²) in [6, 6.07) is 0. The molecule has 0 saturated heterocycles. The second kappa shape index (κ2) is 23.3. The molecule has 0 aliphatic carbocycles. The summed E-state index contributed by atoms with van der Waals surface area (Å²) < 4.78 is 190. The summed E-state index contributed by atoms with van der Waals surface area (Å²) in [6.07, 6.45) is 3.44. The summed E-state index contributed by atoms with van der Waals surface area (Å²) in [5, 5.41) is 0. The second-order valence-electron chi connectivity index (χ2n) is 8.17. The highest BCUT2D eigenvalue weighted by Gasteiger charge is 2.27. The van der Waals surface area contributed by atoms with Crippen LogP contribution in [0.2, 0.25) is 0 Å². The van der Waals surface area contributed by atoms with Gasteiger partial charge in [-0.05, 0) is 19.4 Å². The average molecular weight is 801 g/mol. The van der Waals surface area contributed by atoms with Crippen LogP contribution in [-0.2, 0) is 9.59 Å². The Hall–Kier alpha value is -3.26. The molecule has 0 aromatic heterocycles. The van der Waals surface area contributed by atoms with Crippen LogP contribution in [0.25, 0.3) is 0 Å². The van der Waals surface area contributed by atoms with Crippen molar-refractivity contribution in [2.75, 3.05) is 11.5 Å². The van der Waals surface area contributed by atoms with Crippen LogP contribution in [0.5, 0.6) is 0 Å².